The lowest BCUT2D eigenvalue weighted by molar-refractivity contribution is 0.102. The lowest BCUT2D eigenvalue weighted by Gasteiger charge is -2.24. The predicted molar refractivity (Wildman–Crippen MR) is 100.0 cm³/mol. The first-order valence-electron chi connectivity index (χ1n) is 8.94. The Hall–Kier alpha value is -3.49. The molecule has 1 aliphatic carbocycles. The Morgan fingerprint density at radius 2 is 2.14 bits per heavy atom. The summed E-state index contributed by atoms with van der Waals surface area (Å²) in [5.41, 5.74) is 1.06. The molecule has 1 saturated carbocycles. The third-order valence-electron chi connectivity index (χ3n) is 4.95. The molecule has 9 heteroatoms. The van der Waals surface area contributed by atoms with Crippen LogP contribution < -0.4 is 15.7 Å². The Kier molecular flexibility index (Phi) is 4.64. The lowest BCUT2D eigenvalue weighted by Crippen LogP contribution is -2.24. The number of methoxy groups -OCH3 is 1. The van der Waals surface area contributed by atoms with E-state index >= 15 is 0 Å². The minimum Gasteiger partial charge on any atom is -0.494 e. The number of anilines is 1. The van der Waals surface area contributed by atoms with Gasteiger partial charge >= 0.3 is 5.63 Å². The molecule has 3 aromatic rings. The third-order valence-corrected chi connectivity index (χ3v) is 4.95. The largest absolute Gasteiger partial charge is 0.494 e. The number of amides is 1. The van der Waals surface area contributed by atoms with Gasteiger partial charge in [0.2, 0.25) is 0 Å². The number of aryl methyl sites for hydroxylation is 1. The molecule has 2 heterocycles. The summed E-state index contributed by atoms with van der Waals surface area (Å²) in [4.78, 5) is 25.2. The Balaban J connectivity index is 1.61. The Labute approximate surface area is 160 Å². The molecule has 0 saturated heterocycles. The average Bonchev–Trinajstić information content (AvgIpc) is 3.14. The van der Waals surface area contributed by atoms with E-state index in [0.29, 0.717) is 28.4 Å². The third kappa shape index (κ3) is 3.26. The summed E-state index contributed by atoms with van der Waals surface area (Å²) in [5, 5.41) is 13.7. The number of tetrazole rings is 1. The van der Waals surface area contributed by atoms with E-state index < -0.39 is 11.5 Å². The molecule has 28 heavy (non-hydrogen) atoms. The van der Waals surface area contributed by atoms with Crippen molar-refractivity contribution in [3.05, 3.63) is 57.9 Å². The van der Waals surface area contributed by atoms with Crippen LogP contribution in [0.25, 0.3) is 5.69 Å². The van der Waals surface area contributed by atoms with Crippen molar-refractivity contribution in [2.75, 3.05) is 12.4 Å². The van der Waals surface area contributed by atoms with E-state index in [4.69, 9.17) is 9.15 Å². The highest BCUT2D eigenvalue weighted by molar-refractivity contribution is 6.05. The van der Waals surface area contributed by atoms with E-state index in [2.05, 4.69) is 20.8 Å². The van der Waals surface area contributed by atoms with Crippen LogP contribution in [0, 0.1) is 6.92 Å². The number of ether oxygens (including phenoxy) is 1. The smallest absolute Gasteiger partial charge is 0.349 e. The molecule has 0 spiro atoms. The van der Waals surface area contributed by atoms with Gasteiger partial charge in [0.05, 0.1) is 18.5 Å². The predicted octanol–water partition coefficient (Wildman–Crippen LogP) is 2.45. The van der Waals surface area contributed by atoms with Gasteiger partial charge in [0.25, 0.3) is 5.91 Å². The standard InChI is InChI=1S/C19H19N5O4/c1-11-8-15(12-4-3-5-12)28-19(26)17(11)18(25)21-14-7-6-13(9-16(14)27-2)24-10-20-22-23-24/h6-10,12H,3-5H2,1-2H3,(H,21,25). The van der Waals surface area contributed by atoms with E-state index in [1.807, 2.05) is 0 Å². The van der Waals surface area contributed by atoms with Crippen LogP contribution in [0.3, 0.4) is 0 Å². The first-order valence-corrected chi connectivity index (χ1v) is 8.94. The Morgan fingerprint density at radius 3 is 2.75 bits per heavy atom. The minimum atomic E-state index is -0.622. The topological polar surface area (TPSA) is 112 Å². The molecule has 1 N–H and O–H groups in total. The van der Waals surface area contributed by atoms with Crippen LogP contribution in [-0.4, -0.2) is 33.2 Å². The lowest BCUT2D eigenvalue weighted by atomic mass is 9.83. The summed E-state index contributed by atoms with van der Waals surface area (Å²) in [6.07, 6.45) is 4.61. The Morgan fingerprint density at radius 1 is 1.32 bits per heavy atom. The minimum absolute atomic E-state index is 0.00493. The van der Waals surface area contributed by atoms with Crippen LogP contribution in [0.2, 0.25) is 0 Å². The van der Waals surface area contributed by atoms with Crippen LogP contribution in [0.4, 0.5) is 5.69 Å². The molecule has 2 aromatic heterocycles. The van der Waals surface area contributed by atoms with E-state index in [9.17, 15) is 9.59 Å². The zero-order valence-electron chi connectivity index (χ0n) is 15.5. The van der Waals surface area contributed by atoms with Crippen molar-refractivity contribution < 1.29 is 13.9 Å². The highest BCUT2D eigenvalue weighted by Gasteiger charge is 2.25. The zero-order valence-corrected chi connectivity index (χ0v) is 15.5. The van der Waals surface area contributed by atoms with Gasteiger partial charge in [0, 0.05) is 12.0 Å². The second kappa shape index (κ2) is 7.26. The van der Waals surface area contributed by atoms with Crippen LogP contribution in [0.5, 0.6) is 5.75 Å². The van der Waals surface area contributed by atoms with Gasteiger partial charge in [-0.25, -0.2) is 9.48 Å². The van der Waals surface area contributed by atoms with Crippen LogP contribution >= 0.6 is 0 Å². The van der Waals surface area contributed by atoms with Crippen LogP contribution in [-0.2, 0) is 0 Å². The van der Waals surface area contributed by atoms with E-state index in [-0.39, 0.29) is 11.5 Å². The van der Waals surface area contributed by atoms with Crippen molar-refractivity contribution in [1.82, 2.24) is 20.2 Å². The summed E-state index contributed by atoms with van der Waals surface area (Å²) in [5.74, 6) is 0.811. The van der Waals surface area contributed by atoms with Crippen molar-refractivity contribution in [2.45, 2.75) is 32.1 Å². The monoisotopic (exact) mass is 381 g/mol. The maximum Gasteiger partial charge on any atom is 0.349 e. The fraction of sp³-hybridized carbons (Fsp3) is 0.316. The summed E-state index contributed by atoms with van der Waals surface area (Å²) in [7, 11) is 1.49. The summed E-state index contributed by atoms with van der Waals surface area (Å²) in [6.45, 7) is 1.74. The van der Waals surface area contributed by atoms with E-state index in [0.717, 1.165) is 19.3 Å². The zero-order chi connectivity index (χ0) is 19.7. The van der Waals surface area contributed by atoms with Gasteiger partial charge in [-0.05, 0) is 54.0 Å². The van der Waals surface area contributed by atoms with Crippen molar-refractivity contribution in [1.29, 1.82) is 0 Å². The number of aromatic nitrogens is 4. The van der Waals surface area contributed by atoms with Crippen LogP contribution in [0.1, 0.15) is 46.9 Å². The molecule has 1 aliphatic rings. The molecule has 0 atom stereocenters. The number of benzene rings is 1. The molecule has 0 radical (unpaired) electrons. The van der Waals surface area contributed by atoms with Crippen molar-refractivity contribution in [3.63, 3.8) is 0 Å². The first kappa shape index (κ1) is 17.9. The van der Waals surface area contributed by atoms with Crippen molar-refractivity contribution >= 4 is 11.6 Å². The highest BCUT2D eigenvalue weighted by Crippen LogP contribution is 2.36. The van der Waals surface area contributed by atoms with Gasteiger partial charge in [-0.1, -0.05) is 6.42 Å². The highest BCUT2D eigenvalue weighted by atomic mass is 16.5. The number of carbonyl (C=O) groups excluding carboxylic acids is 1. The molecule has 1 fully saturated rings. The maximum absolute atomic E-state index is 12.7. The normalized spacial score (nSPS) is 13.8. The SMILES string of the molecule is COc1cc(-n2cnnn2)ccc1NC(=O)c1c(C)cc(C2CCC2)oc1=O. The summed E-state index contributed by atoms with van der Waals surface area (Å²) < 4.78 is 12.2. The summed E-state index contributed by atoms with van der Waals surface area (Å²) >= 11 is 0. The molecule has 1 aromatic carbocycles. The molecule has 144 valence electrons. The van der Waals surface area contributed by atoms with Gasteiger partial charge in [-0.3, -0.25) is 4.79 Å². The van der Waals surface area contributed by atoms with E-state index in [1.54, 1.807) is 31.2 Å². The number of nitrogens with one attached hydrogen (secondary N) is 1. The van der Waals surface area contributed by atoms with Gasteiger partial charge < -0.3 is 14.5 Å². The molecule has 4 rings (SSSR count). The number of hydrogen-bond donors (Lipinski definition) is 1. The molecular formula is C19H19N5O4. The quantitative estimate of drug-likeness (QED) is 0.722. The fourth-order valence-electron chi connectivity index (χ4n) is 3.19. The number of hydrogen-bond acceptors (Lipinski definition) is 7. The number of carbonyl (C=O) groups is 1. The van der Waals surface area contributed by atoms with E-state index in [1.165, 1.54) is 18.1 Å². The summed E-state index contributed by atoms with van der Waals surface area (Å²) in [6, 6.07) is 6.86. The Bertz CT molecular complexity index is 1070. The van der Waals surface area contributed by atoms with Gasteiger partial charge in [-0.15, -0.1) is 5.10 Å². The molecule has 0 aliphatic heterocycles. The molecule has 9 nitrogen and oxygen atoms in total. The van der Waals surface area contributed by atoms with Crippen LogP contribution in [0.15, 0.2) is 39.8 Å². The van der Waals surface area contributed by atoms with Gasteiger partial charge in [0.15, 0.2) is 0 Å². The average molecular weight is 381 g/mol. The van der Waals surface area contributed by atoms with Gasteiger partial charge in [-0.2, -0.15) is 0 Å². The fourth-order valence-corrected chi connectivity index (χ4v) is 3.19. The molecule has 1 amide bonds. The van der Waals surface area contributed by atoms with Crippen molar-refractivity contribution in [3.8, 4) is 11.4 Å². The second-order valence-corrected chi connectivity index (χ2v) is 6.72. The molecule has 0 bridgehead atoms. The number of rotatable bonds is 5. The maximum atomic E-state index is 12.7. The first-order chi connectivity index (χ1) is 13.6. The second-order valence-electron chi connectivity index (χ2n) is 6.72. The van der Waals surface area contributed by atoms with Gasteiger partial charge in [0.1, 0.15) is 23.4 Å². The van der Waals surface area contributed by atoms with Crippen molar-refractivity contribution in [2.24, 2.45) is 0 Å². The number of nitrogens with zero attached hydrogens (tertiary/aromatic N) is 4. The molecule has 0 unspecified atom stereocenters. The molecular weight excluding hydrogens is 362 g/mol.